The first-order chi connectivity index (χ1) is 6.86. The van der Waals surface area contributed by atoms with Crippen LogP contribution in [0.5, 0.6) is 5.75 Å². The van der Waals surface area contributed by atoms with Crippen LogP contribution in [0.4, 0.5) is 13.2 Å². The molecule has 84 valence electrons. The van der Waals surface area contributed by atoms with Gasteiger partial charge in [-0.05, 0) is 17.7 Å². The molecular weight excluding hydrogens is 207 g/mol. The lowest BCUT2D eigenvalue weighted by Crippen LogP contribution is -2.29. The van der Waals surface area contributed by atoms with Crippen molar-refractivity contribution >= 4 is 0 Å². The first kappa shape index (κ1) is 11.8. The van der Waals surface area contributed by atoms with E-state index in [4.69, 9.17) is 5.73 Å². The highest BCUT2D eigenvalue weighted by atomic mass is 19.3. The molecule has 15 heavy (non-hydrogen) atoms. The average molecular weight is 219 g/mol. The zero-order valence-electron chi connectivity index (χ0n) is 8.43. The summed E-state index contributed by atoms with van der Waals surface area (Å²) >= 11 is 0. The molecule has 1 rings (SSSR count). The predicted molar refractivity (Wildman–Crippen MR) is 50.5 cm³/mol. The van der Waals surface area contributed by atoms with Crippen molar-refractivity contribution in [3.8, 4) is 5.75 Å². The Morgan fingerprint density at radius 1 is 1.40 bits per heavy atom. The van der Waals surface area contributed by atoms with E-state index in [1.165, 1.54) is 19.2 Å². The highest BCUT2D eigenvalue weighted by molar-refractivity contribution is 5.31. The largest absolute Gasteiger partial charge is 0.494 e. The highest BCUT2D eigenvalue weighted by Gasteiger charge is 2.32. The second-order valence-electron chi connectivity index (χ2n) is 3.33. The number of hydrogen-bond acceptors (Lipinski definition) is 2. The fraction of sp³-hybridized carbons (Fsp3) is 0.400. The maximum atomic E-state index is 13.2. The van der Waals surface area contributed by atoms with Crippen LogP contribution in [-0.4, -0.2) is 13.0 Å². The molecule has 0 aliphatic heterocycles. The summed E-state index contributed by atoms with van der Waals surface area (Å²) in [6.07, 6.45) is 0. The molecule has 0 saturated heterocycles. The standard InChI is InChI=1S/C10H12F3NO/c1-10(12,13)9(14)6-3-4-8(15-2)7(11)5-6/h3-5,9H,14H2,1-2H3/t9-/m0/s1. The number of halogens is 3. The van der Waals surface area contributed by atoms with Gasteiger partial charge in [-0.15, -0.1) is 0 Å². The molecule has 0 fully saturated rings. The molecule has 0 bridgehead atoms. The molecule has 2 N–H and O–H groups in total. The van der Waals surface area contributed by atoms with E-state index in [-0.39, 0.29) is 11.3 Å². The van der Waals surface area contributed by atoms with E-state index in [1.807, 2.05) is 0 Å². The molecule has 1 aromatic carbocycles. The maximum absolute atomic E-state index is 13.2. The van der Waals surface area contributed by atoms with Crippen LogP contribution >= 0.6 is 0 Å². The minimum Gasteiger partial charge on any atom is -0.494 e. The molecule has 0 aromatic heterocycles. The van der Waals surface area contributed by atoms with E-state index < -0.39 is 17.8 Å². The minimum absolute atomic E-state index is 0.00497. The molecule has 0 unspecified atom stereocenters. The third-order valence-corrected chi connectivity index (χ3v) is 2.08. The Balaban J connectivity index is 3.02. The molecule has 1 aromatic rings. The zero-order chi connectivity index (χ0) is 11.6. The third kappa shape index (κ3) is 2.62. The summed E-state index contributed by atoms with van der Waals surface area (Å²) in [6, 6.07) is 2.04. The van der Waals surface area contributed by atoms with Crippen molar-refractivity contribution in [3.63, 3.8) is 0 Å². The number of nitrogens with two attached hydrogens (primary N) is 1. The molecule has 0 amide bonds. The van der Waals surface area contributed by atoms with Gasteiger partial charge in [-0.2, -0.15) is 0 Å². The van der Waals surface area contributed by atoms with Crippen molar-refractivity contribution in [1.29, 1.82) is 0 Å². The Kier molecular flexibility index (Phi) is 3.24. The molecule has 5 heteroatoms. The first-order valence-electron chi connectivity index (χ1n) is 4.33. The van der Waals surface area contributed by atoms with Crippen molar-refractivity contribution < 1.29 is 17.9 Å². The summed E-state index contributed by atoms with van der Waals surface area (Å²) in [5.74, 6) is -3.78. The maximum Gasteiger partial charge on any atom is 0.264 e. The fourth-order valence-corrected chi connectivity index (χ4v) is 1.17. The molecule has 2 nitrogen and oxygen atoms in total. The topological polar surface area (TPSA) is 35.2 Å². The number of ether oxygens (including phenoxy) is 1. The Morgan fingerprint density at radius 3 is 2.40 bits per heavy atom. The van der Waals surface area contributed by atoms with Crippen LogP contribution in [0.25, 0.3) is 0 Å². The van der Waals surface area contributed by atoms with E-state index in [0.717, 1.165) is 6.07 Å². The van der Waals surface area contributed by atoms with Gasteiger partial charge in [0.15, 0.2) is 11.6 Å². The van der Waals surface area contributed by atoms with Crippen molar-refractivity contribution in [3.05, 3.63) is 29.6 Å². The summed E-state index contributed by atoms with van der Waals surface area (Å²) in [5, 5.41) is 0. The normalized spacial score (nSPS) is 13.7. The highest BCUT2D eigenvalue weighted by Crippen LogP contribution is 2.30. The van der Waals surface area contributed by atoms with Crippen LogP contribution in [0, 0.1) is 5.82 Å². The lowest BCUT2D eigenvalue weighted by molar-refractivity contribution is -0.00627. The Morgan fingerprint density at radius 2 is 2.00 bits per heavy atom. The van der Waals surface area contributed by atoms with Gasteiger partial charge in [0.25, 0.3) is 5.92 Å². The lowest BCUT2D eigenvalue weighted by atomic mass is 10.0. The molecule has 0 heterocycles. The van der Waals surface area contributed by atoms with Crippen LogP contribution in [0.1, 0.15) is 18.5 Å². The van der Waals surface area contributed by atoms with E-state index in [2.05, 4.69) is 4.74 Å². The average Bonchev–Trinajstić information content (AvgIpc) is 2.15. The van der Waals surface area contributed by atoms with Gasteiger partial charge in [-0.3, -0.25) is 0 Å². The van der Waals surface area contributed by atoms with Crippen molar-refractivity contribution in [2.75, 3.05) is 7.11 Å². The molecule has 0 spiro atoms. The van der Waals surface area contributed by atoms with E-state index in [0.29, 0.717) is 6.92 Å². The Bertz CT molecular complexity index is 349. The Labute approximate surface area is 85.8 Å². The van der Waals surface area contributed by atoms with Gasteiger partial charge in [0.2, 0.25) is 0 Å². The number of methoxy groups -OCH3 is 1. The second-order valence-corrected chi connectivity index (χ2v) is 3.33. The molecule has 0 aliphatic rings. The van der Waals surface area contributed by atoms with Gasteiger partial charge in [0, 0.05) is 6.92 Å². The van der Waals surface area contributed by atoms with Crippen LogP contribution in [0.2, 0.25) is 0 Å². The summed E-state index contributed by atoms with van der Waals surface area (Å²) in [4.78, 5) is 0. The van der Waals surface area contributed by atoms with Gasteiger partial charge < -0.3 is 10.5 Å². The monoisotopic (exact) mass is 219 g/mol. The van der Waals surface area contributed by atoms with Crippen LogP contribution in [-0.2, 0) is 0 Å². The SMILES string of the molecule is COc1ccc([C@H](N)C(C)(F)F)cc1F. The third-order valence-electron chi connectivity index (χ3n) is 2.08. The van der Waals surface area contributed by atoms with Crippen LogP contribution in [0.15, 0.2) is 18.2 Å². The second kappa shape index (κ2) is 4.10. The van der Waals surface area contributed by atoms with E-state index >= 15 is 0 Å². The van der Waals surface area contributed by atoms with Crippen molar-refractivity contribution in [2.24, 2.45) is 5.73 Å². The summed E-state index contributed by atoms with van der Waals surface area (Å²) < 4.78 is 43.5. The minimum atomic E-state index is -3.08. The first-order valence-corrected chi connectivity index (χ1v) is 4.33. The van der Waals surface area contributed by atoms with Gasteiger partial charge in [0.1, 0.15) is 0 Å². The lowest BCUT2D eigenvalue weighted by Gasteiger charge is -2.19. The summed E-state index contributed by atoms with van der Waals surface area (Å²) in [7, 11) is 1.30. The summed E-state index contributed by atoms with van der Waals surface area (Å²) in [5.41, 5.74) is 5.32. The van der Waals surface area contributed by atoms with E-state index in [9.17, 15) is 13.2 Å². The molecular formula is C10H12F3NO. The fourth-order valence-electron chi connectivity index (χ4n) is 1.17. The number of rotatable bonds is 3. The van der Waals surface area contributed by atoms with Crippen molar-refractivity contribution in [2.45, 2.75) is 18.9 Å². The predicted octanol–water partition coefficient (Wildman–Crippen LogP) is 2.49. The van der Waals surface area contributed by atoms with Crippen LogP contribution < -0.4 is 10.5 Å². The molecule has 0 radical (unpaired) electrons. The van der Waals surface area contributed by atoms with E-state index in [1.54, 1.807) is 0 Å². The quantitative estimate of drug-likeness (QED) is 0.847. The molecule has 0 saturated carbocycles. The summed E-state index contributed by atoms with van der Waals surface area (Å²) in [6.45, 7) is 0.694. The number of benzene rings is 1. The van der Waals surface area contributed by atoms with Crippen LogP contribution in [0.3, 0.4) is 0 Å². The molecule has 1 atom stereocenters. The number of alkyl halides is 2. The molecule has 0 aliphatic carbocycles. The van der Waals surface area contributed by atoms with Gasteiger partial charge in [-0.1, -0.05) is 6.07 Å². The Hall–Kier alpha value is -1.23. The van der Waals surface area contributed by atoms with Crippen molar-refractivity contribution in [1.82, 2.24) is 0 Å². The number of hydrogen-bond donors (Lipinski definition) is 1. The zero-order valence-corrected chi connectivity index (χ0v) is 8.43. The van der Waals surface area contributed by atoms with Gasteiger partial charge in [-0.25, -0.2) is 13.2 Å². The van der Waals surface area contributed by atoms with Gasteiger partial charge >= 0.3 is 0 Å². The smallest absolute Gasteiger partial charge is 0.264 e. The van der Waals surface area contributed by atoms with Gasteiger partial charge in [0.05, 0.1) is 13.2 Å².